The van der Waals surface area contributed by atoms with Gasteiger partial charge in [0, 0.05) is 0 Å². The van der Waals surface area contributed by atoms with E-state index >= 15 is 0 Å². The molecule has 60 heavy (non-hydrogen) atoms. The molecule has 12 nitrogen and oxygen atoms in total. The Kier molecular flexibility index (Phi) is 15.6. The van der Waals surface area contributed by atoms with Crippen molar-refractivity contribution in [3.63, 3.8) is 0 Å². The average Bonchev–Trinajstić information content (AvgIpc) is 3.22. The Hall–Kier alpha value is -4.10. The van der Waals surface area contributed by atoms with Crippen LogP contribution in [0.15, 0.2) is 139 Å². The van der Waals surface area contributed by atoms with E-state index < -0.39 is 30.6 Å². The zero-order valence-electron chi connectivity index (χ0n) is 35.6. The van der Waals surface area contributed by atoms with Crippen LogP contribution in [0, 0.1) is 34.6 Å². The largest absolute Gasteiger partial charge is 0.460 e. The van der Waals surface area contributed by atoms with Gasteiger partial charge < -0.3 is 31.7 Å². The van der Waals surface area contributed by atoms with Crippen LogP contribution in [0.3, 0.4) is 0 Å². The zero-order valence-corrected chi connectivity index (χ0v) is 39.2. The van der Waals surface area contributed by atoms with E-state index in [-0.39, 0.29) is 19.8 Å². The van der Waals surface area contributed by atoms with E-state index in [9.17, 15) is 0 Å². The number of aryl methyl sites for hydroxylation is 5. The van der Waals surface area contributed by atoms with Crippen molar-refractivity contribution in [1.82, 2.24) is 0 Å². The molecule has 0 spiro atoms. The van der Waals surface area contributed by atoms with Crippen LogP contribution >= 0.6 is 30.6 Å². The minimum Gasteiger partial charge on any atom is -0.422 e. The molecule has 0 fully saturated rings. The van der Waals surface area contributed by atoms with Gasteiger partial charge in [0.05, 0.1) is 19.8 Å². The molecule has 1 atom stereocenters. The van der Waals surface area contributed by atoms with Gasteiger partial charge in [-0.05, 0) is 112 Å². The van der Waals surface area contributed by atoms with Crippen LogP contribution in [0.1, 0.15) is 67.9 Å². The molecule has 1 unspecified atom stereocenters. The lowest BCUT2D eigenvalue weighted by Crippen LogP contribution is -2.10. The quantitative estimate of drug-likeness (QED) is 0.0751. The van der Waals surface area contributed by atoms with E-state index in [1.54, 1.807) is 0 Å². The topological polar surface area (TPSA) is 123 Å². The van der Waals surface area contributed by atoms with Crippen LogP contribution in [-0.4, -0.2) is 19.8 Å². The second-order valence-corrected chi connectivity index (χ2v) is 22.6. The first-order valence-corrected chi connectivity index (χ1v) is 26.3. The highest BCUT2D eigenvalue weighted by Crippen LogP contribution is 2.80. The molecule has 5 aromatic rings. The standard InChI is InChI=1S/C44H56N4O8P4/c1-9-32-49-57(50-33-10-2)45-58(51-34-11-3,52-40-27-17-12-22-35(40)4)47-60(55-43-30-20-15-25-38(43)7,56-44-31-21-16-26-39(44)8)48-59(46-57,53-41-28-18-13-23-36(41)5)54-42-29-19-14-24-37(42)6/h12-31H,9-11,32-34H2,1-8H3. The van der Waals surface area contributed by atoms with E-state index in [1.807, 2.05) is 177 Å². The van der Waals surface area contributed by atoms with Crippen molar-refractivity contribution in [3.8, 4) is 28.7 Å². The van der Waals surface area contributed by atoms with Gasteiger partial charge in [-0.2, -0.15) is 0 Å². The fourth-order valence-electron chi connectivity index (χ4n) is 5.65. The fourth-order valence-corrected chi connectivity index (χ4v) is 18.5. The third-order valence-electron chi connectivity index (χ3n) is 8.85. The van der Waals surface area contributed by atoms with Gasteiger partial charge >= 0.3 is 30.6 Å². The van der Waals surface area contributed by atoms with Gasteiger partial charge in [-0.25, -0.2) is 0 Å². The Morgan fingerprint density at radius 1 is 0.317 bits per heavy atom. The Bertz CT molecular complexity index is 2380. The van der Waals surface area contributed by atoms with Crippen molar-refractivity contribution >= 4 is 30.6 Å². The zero-order chi connectivity index (χ0) is 42.6. The predicted octanol–water partition coefficient (Wildman–Crippen LogP) is 16.0. The van der Waals surface area contributed by atoms with E-state index in [0.717, 1.165) is 27.8 Å². The van der Waals surface area contributed by atoms with Crippen molar-refractivity contribution in [2.24, 2.45) is 18.1 Å². The van der Waals surface area contributed by atoms with Gasteiger partial charge in [0.15, 0.2) is 0 Å². The lowest BCUT2D eigenvalue weighted by Gasteiger charge is -2.33. The molecule has 0 N–H and O–H groups in total. The number of para-hydroxylation sites is 5. The number of hydrogen-bond donors (Lipinski definition) is 0. The summed E-state index contributed by atoms with van der Waals surface area (Å²) in [5, 5.41) is 0. The third kappa shape index (κ3) is 11.4. The Morgan fingerprint density at radius 3 is 0.817 bits per heavy atom. The summed E-state index contributed by atoms with van der Waals surface area (Å²) in [5.74, 6) is 2.37. The van der Waals surface area contributed by atoms with Crippen LogP contribution in [0.2, 0.25) is 0 Å². The Morgan fingerprint density at radius 2 is 0.533 bits per heavy atom. The first-order valence-electron chi connectivity index (χ1n) is 20.2. The van der Waals surface area contributed by atoms with Crippen molar-refractivity contribution in [3.05, 3.63) is 149 Å². The summed E-state index contributed by atoms with van der Waals surface area (Å²) in [5.41, 5.74) is 4.10. The fraction of sp³-hybridized carbons (Fsp3) is 0.318. The van der Waals surface area contributed by atoms with Crippen LogP contribution in [-0.2, 0) is 13.6 Å². The van der Waals surface area contributed by atoms with Gasteiger partial charge in [-0.15, -0.1) is 13.5 Å². The first-order chi connectivity index (χ1) is 29.0. The number of nitrogens with zero attached hydrogens (tertiary/aromatic N) is 4. The first kappa shape index (κ1) is 45.4. The molecular weight excluding hydrogens is 836 g/mol. The lowest BCUT2D eigenvalue weighted by atomic mass is 10.2. The summed E-state index contributed by atoms with van der Waals surface area (Å²) in [6.07, 6.45) is 1.87. The van der Waals surface area contributed by atoms with Crippen LogP contribution in [0.5, 0.6) is 28.7 Å². The smallest absolute Gasteiger partial charge is 0.422 e. The monoisotopic (exact) mass is 892 g/mol. The minimum absolute atomic E-state index is 0.211. The molecule has 0 aromatic heterocycles. The molecule has 0 bridgehead atoms. The number of hydrogen-bond acceptors (Lipinski definition) is 12. The van der Waals surface area contributed by atoms with E-state index in [4.69, 9.17) is 54.3 Å². The summed E-state index contributed by atoms with van der Waals surface area (Å²) in [4.78, 5) is 0. The van der Waals surface area contributed by atoms with Gasteiger partial charge in [0.25, 0.3) is 0 Å². The molecule has 1 heterocycles. The maximum Gasteiger partial charge on any atom is 0.460 e. The SMILES string of the molecule is CCCOP1(OCCC)=NP(Oc2ccccc2C)(Oc2ccccc2C)=NP(Oc2ccccc2C)(Oc2ccccc2C)=NP(OCCC)(Oc2ccccc2C)=N1. The minimum atomic E-state index is -4.24. The van der Waals surface area contributed by atoms with Crippen LogP contribution < -0.4 is 22.6 Å². The van der Waals surface area contributed by atoms with Gasteiger partial charge in [0.1, 0.15) is 28.7 Å². The molecule has 0 aliphatic carbocycles. The van der Waals surface area contributed by atoms with Crippen molar-refractivity contribution < 1.29 is 36.2 Å². The summed E-state index contributed by atoms with van der Waals surface area (Å²) in [6.45, 7) is 16.4. The van der Waals surface area contributed by atoms with Gasteiger partial charge in [-0.3, -0.25) is 4.52 Å². The maximum absolute atomic E-state index is 7.19. The van der Waals surface area contributed by atoms with Crippen LogP contribution in [0.25, 0.3) is 0 Å². The van der Waals surface area contributed by atoms with E-state index in [1.165, 1.54) is 0 Å². The molecule has 320 valence electrons. The second-order valence-electron chi connectivity index (χ2n) is 14.1. The molecule has 0 saturated heterocycles. The molecule has 0 radical (unpaired) electrons. The normalized spacial score (nSPS) is 17.6. The van der Waals surface area contributed by atoms with E-state index in [2.05, 4.69) is 0 Å². The highest BCUT2D eigenvalue weighted by Gasteiger charge is 2.48. The summed E-state index contributed by atoms with van der Waals surface area (Å²) < 4.78 is 78.4. The Labute approximate surface area is 356 Å². The van der Waals surface area contributed by atoms with Gasteiger partial charge in [-0.1, -0.05) is 116 Å². The average molecular weight is 893 g/mol. The molecule has 6 rings (SSSR count). The molecule has 1 aliphatic heterocycles. The van der Waals surface area contributed by atoms with Crippen molar-refractivity contribution in [1.29, 1.82) is 0 Å². The molecule has 16 heteroatoms. The maximum atomic E-state index is 7.19. The second kappa shape index (κ2) is 20.6. The van der Waals surface area contributed by atoms with Gasteiger partial charge in [0.2, 0.25) is 0 Å². The predicted molar refractivity (Wildman–Crippen MR) is 245 cm³/mol. The third-order valence-corrected chi connectivity index (χ3v) is 19.8. The number of benzene rings is 5. The Balaban J connectivity index is 1.87. The summed E-state index contributed by atoms with van der Waals surface area (Å²) >= 11 is 0. The lowest BCUT2D eigenvalue weighted by molar-refractivity contribution is 0.238. The molecule has 1 aliphatic rings. The highest BCUT2D eigenvalue weighted by molar-refractivity contribution is 7.79. The van der Waals surface area contributed by atoms with Crippen molar-refractivity contribution in [2.75, 3.05) is 19.8 Å². The summed E-state index contributed by atoms with van der Waals surface area (Å²) in [6, 6.07) is 38.1. The van der Waals surface area contributed by atoms with Crippen LogP contribution in [0.4, 0.5) is 0 Å². The molecule has 5 aromatic carbocycles. The molecular formula is C44H56N4O8P4. The number of rotatable bonds is 19. The highest BCUT2D eigenvalue weighted by atomic mass is 31.3. The van der Waals surface area contributed by atoms with E-state index in [0.29, 0.717) is 48.0 Å². The molecule has 0 saturated carbocycles. The van der Waals surface area contributed by atoms with Crippen molar-refractivity contribution in [2.45, 2.75) is 74.7 Å². The molecule has 0 amide bonds. The summed E-state index contributed by atoms with van der Waals surface area (Å²) in [7, 11) is -16.4.